The van der Waals surface area contributed by atoms with Crippen molar-refractivity contribution >= 4 is 34.5 Å². The van der Waals surface area contributed by atoms with Crippen LogP contribution in [-0.2, 0) is 11.3 Å². The maximum absolute atomic E-state index is 13.7. The lowest BCUT2D eigenvalue weighted by molar-refractivity contribution is 0.0523. The van der Waals surface area contributed by atoms with Gasteiger partial charge in [-0.2, -0.15) is 5.10 Å². The first-order valence-electron chi connectivity index (χ1n) is 16.4. The zero-order valence-electron chi connectivity index (χ0n) is 26.6. The molecule has 8 heteroatoms. The first kappa shape index (κ1) is 29.4. The summed E-state index contributed by atoms with van der Waals surface area (Å²) in [7, 11) is 1.68. The highest BCUT2D eigenvalue weighted by molar-refractivity contribution is 6.03. The number of ether oxygens (including phenoxy) is 2. The number of methoxy groups -OCH3 is 1. The Morgan fingerprint density at radius 1 is 1.02 bits per heavy atom. The molecule has 0 atom stereocenters. The molecule has 2 saturated carbocycles. The maximum atomic E-state index is 13.7. The van der Waals surface area contributed by atoms with Crippen LogP contribution in [0.25, 0.3) is 33.8 Å². The van der Waals surface area contributed by atoms with E-state index in [2.05, 4.69) is 41.3 Å². The number of carbonyl (C=O) groups excluding carboxylic acids is 1. The Balaban J connectivity index is 1.55. The minimum atomic E-state index is -0.945. The summed E-state index contributed by atoms with van der Waals surface area (Å²) in [5, 5.41) is 16.2. The molecular weight excluding hydrogens is 566 g/mol. The number of fused-ring (bicyclic) bond motifs is 5. The Bertz CT molecular complexity index is 1850. The van der Waals surface area contributed by atoms with E-state index in [-0.39, 0.29) is 30.1 Å². The number of aromatic carboxylic acids is 1. The van der Waals surface area contributed by atoms with Crippen molar-refractivity contribution in [2.24, 2.45) is 0 Å². The van der Waals surface area contributed by atoms with Crippen molar-refractivity contribution in [2.75, 3.05) is 13.7 Å². The van der Waals surface area contributed by atoms with Gasteiger partial charge in [-0.1, -0.05) is 39.2 Å². The van der Waals surface area contributed by atoms with Gasteiger partial charge in [0, 0.05) is 16.5 Å². The number of aromatic nitrogens is 3. The first-order valence-corrected chi connectivity index (χ1v) is 16.4. The lowest BCUT2D eigenvalue weighted by Crippen LogP contribution is -2.13. The largest absolute Gasteiger partial charge is 0.497 e. The van der Waals surface area contributed by atoms with Crippen LogP contribution in [0, 0.1) is 0 Å². The smallest absolute Gasteiger partial charge is 0.342 e. The topological polar surface area (TPSA) is 95.6 Å². The summed E-state index contributed by atoms with van der Waals surface area (Å²) in [5.41, 5.74) is 8.72. The van der Waals surface area contributed by atoms with E-state index in [9.17, 15) is 14.7 Å². The Labute approximate surface area is 263 Å². The van der Waals surface area contributed by atoms with Crippen molar-refractivity contribution in [3.63, 3.8) is 0 Å². The molecule has 3 heterocycles. The fraction of sp³-hybridized carbons (Fsp3) is 0.432. The van der Waals surface area contributed by atoms with Gasteiger partial charge in [-0.25, -0.2) is 9.59 Å². The third-order valence-corrected chi connectivity index (χ3v) is 9.70. The van der Waals surface area contributed by atoms with Crippen molar-refractivity contribution in [3.8, 4) is 17.0 Å². The fourth-order valence-corrected chi connectivity index (χ4v) is 7.47. The number of hydrogen-bond acceptors (Lipinski definition) is 5. The van der Waals surface area contributed by atoms with Crippen LogP contribution in [0.15, 0.2) is 36.4 Å². The number of benzene rings is 2. The molecule has 1 aliphatic heterocycles. The molecular formula is C37H41N3O5. The summed E-state index contributed by atoms with van der Waals surface area (Å²) >= 11 is 0. The van der Waals surface area contributed by atoms with Gasteiger partial charge in [0.25, 0.3) is 0 Å². The van der Waals surface area contributed by atoms with Crippen LogP contribution in [0.4, 0.5) is 0 Å². The molecule has 2 aliphatic carbocycles. The second kappa shape index (κ2) is 11.5. The summed E-state index contributed by atoms with van der Waals surface area (Å²) in [6.45, 7) is 6.69. The van der Waals surface area contributed by atoms with E-state index in [1.54, 1.807) is 13.2 Å². The van der Waals surface area contributed by atoms with Crippen LogP contribution in [0.5, 0.6) is 5.75 Å². The molecule has 8 nitrogen and oxygen atoms in total. The second-order valence-corrected chi connectivity index (χ2v) is 13.0. The Kier molecular flexibility index (Phi) is 7.54. The number of hydrogen-bond donors (Lipinski definition) is 1. The molecule has 7 rings (SSSR count). The Morgan fingerprint density at radius 3 is 2.47 bits per heavy atom. The van der Waals surface area contributed by atoms with Gasteiger partial charge in [-0.15, -0.1) is 0 Å². The third kappa shape index (κ3) is 5.04. The molecule has 4 aromatic rings. The minimum absolute atomic E-state index is 0.0286. The number of nitrogens with zero attached hydrogens (tertiary/aromatic N) is 3. The lowest BCUT2D eigenvalue weighted by Gasteiger charge is -2.24. The Morgan fingerprint density at radius 2 is 1.80 bits per heavy atom. The third-order valence-electron chi connectivity index (χ3n) is 9.70. The summed E-state index contributed by atoms with van der Waals surface area (Å²) in [6, 6.07) is 12.0. The van der Waals surface area contributed by atoms with Gasteiger partial charge < -0.3 is 19.1 Å². The number of carboxylic acids is 1. The van der Waals surface area contributed by atoms with Gasteiger partial charge in [-0.3, -0.25) is 4.68 Å². The van der Waals surface area contributed by atoms with Gasteiger partial charge in [-0.05, 0) is 97.6 Å². The minimum Gasteiger partial charge on any atom is -0.497 e. The monoisotopic (exact) mass is 607 g/mol. The van der Waals surface area contributed by atoms with Crippen molar-refractivity contribution in [1.82, 2.24) is 14.3 Å². The molecule has 1 N–H and O–H groups in total. The normalized spacial score (nSPS) is 16.7. The lowest BCUT2D eigenvalue weighted by atomic mass is 9.81. The molecule has 45 heavy (non-hydrogen) atoms. The highest BCUT2D eigenvalue weighted by Crippen LogP contribution is 2.49. The van der Waals surface area contributed by atoms with E-state index in [0.717, 1.165) is 76.1 Å². The van der Waals surface area contributed by atoms with E-state index in [1.807, 2.05) is 25.1 Å². The van der Waals surface area contributed by atoms with E-state index in [0.29, 0.717) is 18.0 Å². The highest BCUT2D eigenvalue weighted by atomic mass is 16.5. The van der Waals surface area contributed by atoms with Crippen molar-refractivity contribution in [3.05, 3.63) is 70.0 Å². The molecule has 0 unspecified atom stereocenters. The number of allylic oxidation sites excluding steroid dienone is 1. The molecule has 0 radical (unpaired) electrons. The van der Waals surface area contributed by atoms with Crippen molar-refractivity contribution < 1.29 is 24.2 Å². The zero-order valence-corrected chi connectivity index (χ0v) is 26.6. The van der Waals surface area contributed by atoms with Gasteiger partial charge in [0.1, 0.15) is 11.3 Å². The molecule has 0 spiro atoms. The number of carboxylic acid groups (broad SMARTS) is 1. The van der Waals surface area contributed by atoms with E-state index >= 15 is 0 Å². The van der Waals surface area contributed by atoms with Gasteiger partial charge >= 0.3 is 11.9 Å². The fourth-order valence-electron chi connectivity index (χ4n) is 7.47. The summed E-state index contributed by atoms with van der Waals surface area (Å²) in [5.74, 6) is -0.136. The predicted molar refractivity (Wildman–Crippen MR) is 175 cm³/mol. The van der Waals surface area contributed by atoms with E-state index < -0.39 is 5.97 Å². The summed E-state index contributed by atoms with van der Waals surface area (Å²) in [4.78, 5) is 25.9. The van der Waals surface area contributed by atoms with Crippen LogP contribution >= 0.6 is 0 Å². The van der Waals surface area contributed by atoms with E-state index in [4.69, 9.17) is 14.6 Å². The number of rotatable bonds is 8. The number of carbonyl (C=O) groups is 2. The van der Waals surface area contributed by atoms with Crippen molar-refractivity contribution in [2.45, 2.75) is 90.1 Å². The van der Waals surface area contributed by atoms with Gasteiger partial charge in [0.05, 0.1) is 48.9 Å². The van der Waals surface area contributed by atoms with Gasteiger partial charge in [0.15, 0.2) is 0 Å². The standard InChI is InChI=1S/C37H41N3O5/c1-5-45-37(43)32-33(21(2)3)38-40(26-12-13-26)34(32)25-17-24-18-27(44-4)14-16-28(24)35-31(22-9-7-6-8-10-22)29-15-11-23(36(41)42)19-30(29)39(35)20-25/h11,14-19,21-22,26H,5-10,12-13,20H2,1-4H3,(H,41,42). The quantitative estimate of drug-likeness (QED) is 0.202. The molecule has 234 valence electrons. The molecule has 0 saturated heterocycles. The van der Waals surface area contributed by atoms with Crippen LogP contribution < -0.4 is 4.74 Å². The average molecular weight is 608 g/mol. The van der Waals surface area contributed by atoms with Crippen LogP contribution in [0.2, 0.25) is 0 Å². The van der Waals surface area contributed by atoms with Crippen molar-refractivity contribution in [1.29, 1.82) is 0 Å². The van der Waals surface area contributed by atoms with Crippen LogP contribution in [0.3, 0.4) is 0 Å². The molecule has 2 aromatic carbocycles. The predicted octanol–water partition coefficient (Wildman–Crippen LogP) is 8.45. The highest BCUT2D eigenvalue weighted by Gasteiger charge is 2.37. The number of esters is 1. The second-order valence-electron chi connectivity index (χ2n) is 13.0. The maximum Gasteiger partial charge on any atom is 0.342 e. The zero-order chi connectivity index (χ0) is 31.4. The molecule has 0 bridgehead atoms. The van der Waals surface area contributed by atoms with E-state index in [1.165, 1.54) is 24.8 Å². The molecule has 0 amide bonds. The summed E-state index contributed by atoms with van der Waals surface area (Å²) in [6.07, 6.45) is 10.0. The van der Waals surface area contributed by atoms with Gasteiger partial charge in [0.2, 0.25) is 0 Å². The molecule has 2 fully saturated rings. The first-order chi connectivity index (χ1) is 21.8. The average Bonchev–Trinajstić information content (AvgIpc) is 3.76. The van der Waals surface area contributed by atoms with Crippen LogP contribution in [-0.4, -0.2) is 45.1 Å². The Hall–Kier alpha value is -4.33. The summed E-state index contributed by atoms with van der Waals surface area (Å²) < 4.78 is 15.7. The SMILES string of the molecule is CCOC(=O)c1c(C(C)C)nn(C2CC2)c1C1=Cc2cc(OC)ccc2-c2c(C3CCCCC3)c3ccc(C(=O)O)cc3n2C1. The van der Waals surface area contributed by atoms with Crippen LogP contribution in [0.1, 0.15) is 127 Å². The molecule has 2 aromatic heterocycles. The molecule has 3 aliphatic rings.